The maximum absolute atomic E-state index is 11.9. The van der Waals surface area contributed by atoms with E-state index in [-0.39, 0.29) is 5.91 Å². The van der Waals surface area contributed by atoms with E-state index in [0.717, 1.165) is 17.9 Å². The van der Waals surface area contributed by atoms with E-state index in [9.17, 15) is 4.79 Å². The molecule has 0 saturated carbocycles. The zero-order valence-electron chi connectivity index (χ0n) is 10.6. The zero-order valence-corrected chi connectivity index (χ0v) is 11.4. The summed E-state index contributed by atoms with van der Waals surface area (Å²) in [5.41, 5.74) is 15.6. The fourth-order valence-electron chi connectivity index (χ4n) is 1.72. The number of hydrazine groups is 2. The molecule has 7 heteroatoms. The molecule has 1 amide bonds. The van der Waals surface area contributed by atoms with Gasteiger partial charge in [-0.1, -0.05) is 30.3 Å². The van der Waals surface area contributed by atoms with Crippen molar-refractivity contribution < 1.29 is 4.79 Å². The Labute approximate surface area is 116 Å². The van der Waals surface area contributed by atoms with Crippen LogP contribution in [-0.2, 0) is 4.79 Å². The fourth-order valence-corrected chi connectivity index (χ4v) is 2.57. The van der Waals surface area contributed by atoms with Gasteiger partial charge in [-0.3, -0.25) is 4.79 Å². The molecule has 1 unspecified atom stereocenters. The van der Waals surface area contributed by atoms with Crippen molar-refractivity contribution in [2.24, 2.45) is 5.73 Å². The van der Waals surface area contributed by atoms with E-state index in [1.807, 2.05) is 30.3 Å². The van der Waals surface area contributed by atoms with Crippen LogP contribution in [0.5, 0.6) is 0 Å². The minimum Gasteiger partial charge on any atom is -0.354 e. The zero-order chi connectivity index (χ0) is 13.5. The topological polar surface area (TPSA) is 91.2 Å². The highest BCUT2D eigenvalue weighted by atomic mass is 32.2. The standard InChI is InChI=1S/C12H19N5OS/c13-11(9-4-2-1-3-5-9)12(18)14-6-7-19-10-8-15-17-16-10/h1-5,10-11,15-17H,6-8,13H2,(H,14,18)/t10?,11-/m1/s1. The van der Waals surface area contributed by atoms with Gasteiger partial charge in [0.1, 0.15) is 6.04 Å². The highest BCUT2D eigenvalue weighted by Gasteiger charge is 2.16. The quantitative estimate of drug-likeness (QED) is 0.451. The summed E-state index contributed by atoms with van der Waals surface area (Å²) in [7, 11) is 0. The highest BCUT2D eigenvalue weighted by molar-refractivity contribution is 7.99. The number of nitrogens with one attached hydrogen (secondary N) is 4. The van der Waals surface area contributed by atoms with Crippen LogP contribution in [0.15, 0.2) is 30.3 Å². The molecule has 1 aromatic rings. The number of rotatable bonds is 6. The van der Waals surface area contributed by atoms with Gasteiger partial charge in [-0.25, -0.2) is 10.9 Å². The maximum atomic E-state index is 11.9. The number of nitrogens with two attached hydrogens (primary N) is 1. The molecule has 1 fully saturated rings. The SMILES string of the molecule is N[C@@H](C(=O)NCCSC1CNNN1)c1ccccc1. The number of benzene rings is 1. The second kappa shape index (κ2) is 7.46. The Morgan fingerprint density at radius 3 is 2.95 bits per heavy atom. The summed E-state index contributed by atoms with van der Waals surface area (Å²) >= 11 is 1.74. The molecular weight excluding hydrogens is 262 g/mol. The van der Waals surface area contributed by atoms with E-state index < -0.39 is 6.04 Å². The smallest absolute Gasteiger partial charge is 0.241 e. The monoisotopic (exact) mass is 281 g/mol. The molecule has 2 rings (SSSR count). The van der Waals surface area contributed by atoms with Crippen LogP contribution in [0.3, 0.4) is 0 Å². The van der Waals surface area contributed by atoms with Gasteiger partial charge < -0.3 is 11.1 Å². The summed E-state index contributed by atoms with van der Waals surface area (Å²) in [5.74, 6) is 0.705. The first kappa shape index (κ1) is 14.3. The van der Waals surface area contributed by atoms with Crippen molar-refractivity contribution in [3.8, 4) is 0 Å². The van der Waals surface area contributed by atoms with Crippen molar-refractivity contribution >= 4 is 17.7 Å². The number of amides is 1. The molecule has 1 aliphatic heterocycles. The number of carbonyl (C=O) groups is 1. The molecule has 1 saturated heterocycles. The first-order valence-corrected chi connectivity index (χ1v) is 7.25. The van der Waals surface area contributed by atoms with Crippen molar-refractivity contribution in [3.05, 3.63) is 35.9 Å². The first-order chi connectivity index (χ1) is 9.27. The van der Waals surface area contributed by atoms with Crippen LogP contribution in [-0.4, -0.2) is 30.1 Å². The Kier molecular flexibility index (Phi) is 5.62. The Bertz CT molecular complexity index is 396. The van der Waals surface area contributed by atoms with Gasteiger partial charge in [-0.15, -0.1) is 11.8 Å². The highest BCUT2D eigenvalue weighted by Crippen LogP contribution is 2.10. The average Bonchev–Trinajstić information content (AvgIpc) is 2.96. The van der Waals surface area contributed by atoms with Crippen LogP contribution >= 0.6 is 11.8 Å². The van der Waals surface area contributed by atoms with Crippen LogP contribution in [0.4, 0.5) is 0 Å². The molecule has 1 heterocycles. The molecule has 0 aromatic heterocycles. The molecule has 1 aliphatic rings. The summed E-state index contributed by atoms with van der Waals surface area (Å²) in [4.78, 5) is 11.9. The van der Waals surface area contributed by atoms with Gasteiger partial charge in [-0.05, 0) is 5.56 Å². The summed E-state index contributed by atoms with van der Waals surface area (Å²) in [6.07, 6.45) is 0. The summed E-state index contributed by atoms with van der Waals surface area (Å²) in [6, 6.07) is 8.78. The fraction of sp³-hybridized carbons (Fsp3) is 0.417. The van der Waals surface area contributed by atoms with Crippen molar-refractivity contribution in [1.29, 1.82) is 0 Å². The third-order valence-corrected chi connectivity index (χ3v) is 3.90. The summed E-state index contributed by atoms with van der Waals surface area (Å²) in [6.45, 7) is 1.48. The number of carbonyl (C=O) groups excluding carboxylic acids is 1. The van der Waals surface area contributed by atoms with E-state index in [1.54, 1.807) is 11.8 Å². The normalized spacial score (nSPS) is 20.2. The molecule has 0 radical (unpaired) electrons. The summed E-state index contributed by atoms with van der Waals surface area (Å²) < 4.78 is 0. The van der Waals surface area contributed by atoms with Gasteiger partial charge in [-0.2, -0.15) is 5.53 Å². The molecule has 0 bridgehead atoms. The van der Waals surface area contributed by atoms with Crippen LogP contribution in [0.1, 0.15) is 11.6 Å². The Balaban J connectivity index is 1.66. The van der Waals surface area contributed by atoms with Crippen LogP contribution in [0.2, 0.25) is 0 Å². The minimum atomic E-state index is -0.598. The van der Waals surface area contributed by atoms with Crippen molar-refractivity contribution in [2.45, 2.75) is 11.4 Å². The molecule has 19 heavy (non-hydrogen) atoms. The van der Waals surface area contributed by atoms with Gasteiger partial charge >= 0.3 is 0 Å². The van der Waals surface area contributed by atoms with Crippen LogP contribution in [0.25, 0.3) is 0 Å². The molecule has 6 N–H and O–H groups in total. The van der Waals surface area contributed by atoms with Gasteiger partial charge in [0, 0.05) is 18.8 Å². The third-order valence-electron chi connectivity index (χ3n) is 2.77. The molecular formula is C12H19N5OS. The molecule has 6 nitrogen and oxygen atoms in total. The van der Waals surface area contributed by atoms with Gasteiger partial charge in [0.2, 0.25) is 5.91 Å². The Morgan fingerprint density at radius 2 is 2.26 bits per heavy atom. The van der Waals surface area contributed by atoms with E-state index in [0.29, 0.717) is 11.9 Å². The Hall–Kier alpha value is -1.12. The number of hydrogen-bond donors (Lipinski definition) is 5. The minimum absolute atomic E-state index is 0.137. The van der Waals surface area contributed by atoms with Crippen molar-refractivity contribution in [1.82, 2.24) is 21.7 Å². The van der Waals surface area contributed by atoms with Crippen LogP contribution in [0, 0.1) is 0 Å². The molecule has 0 spiro atoms. The van der Waals surface area contributed by atoms with E-state index >= 15 is 0 Å². The van der Waals surface area contributed by atoms with Crippen molar-refractivity contribution in [2.75, 3.05) is 18.8 Å². The number of thioether (sulfide) groups is 1. The third kappa shape index (κ3) is 4.48. The van der Waals surface area contributed by atoms with Crippen LogP contribution < -0.4 is 27.4 Å². The predicted octanol–water partition coefficient (Wildman–Crippen LogP) is -0.526. The lowest BCUT2D eigenvalue weighted by molar-refractivity contribution is -0.122. The molecule has 2 atom stereocenters. The van der Waals surface area contributed by atoms with Crippen molar-refractivity contribution in [3.63, 3.8) is 0 Å². The summed E-state index contributed by atoms with van der Waals surface area (Å²) in [5, 5.41) is 3.18. The van der Waals surface area contributed by atoms with E-state index in [4.69, 9.17) is 5.73 Å². The largest absolute Gasteiger partial charge is 0.354 e. The first-order valence-electron chi connectivity index (χ1n) is 6.20. The Morgan fingerprint density at radius 1 is 1.47 bits per heavy atom. The van der Waals surface area contributed by atoms with E-state index in [2.05, 4.69) is 21.7 Å². The molecule has 104 valence electrons. The molecule has 0 aliphatic carbocycles. The van der Waals surface area contributed by atoms with E-state index in [1.165, 1.54) is 0 Å². The second-order valence-electron chi connectivity index (χ2n) is 4.19. The predicted molar refractivity (Wildman–Crippen MR) is 76.9 cm³/mol. The molecule has 1 aromatic carbocycles. The van der Waals surface area contributed by atoms with Gasteiger partial charge in [0.15, 0.2) is 0 Å². The van der Waals surface area contributed by atoms with Gasteiger partial charge in [0.25, 0.3) is 0 Å². The second-order valence-corrected chi connectivity index (χ2v) is 5.50. The lowest BCUT2D eigenvalue weighted by Crippen LogP contribution is -2.36. The lowest BCUT2D eigenvalue weighted by atomic mass is 10.1. The van der Waals surface area contributed by atoms with Gasteiger partial charge in [0.05, 0.1) is 5.37 Å². The number of hydrogen-bond acceptors (Lipinski definition) is 6. The maximum Gasteiger partial charge on any atom is 0.241 e. The lowest BCUT2D eigenvalue weighted by Gasteiger charge is -2.13. The average molecular weight is 281 g/mol.